The van der Waals surface area contributed by atoms with Crippen LogP contribution >= 0.6 is 0 Å². The van der Waals surface area contributed by atoms with Crippen molar-refractivity contribution in [2.45, 2.75) is 31.8 Å². The molecule has 2 aliphatic heterocycles. The summed E-state index contributed by atoms with van der Waals surface area (Å²) in [6.07, 6.45) is 1.50. The second-order valence-corrected chi connectivity index (χ2v) is 4.65. The molecule has 2 atom stereocenters. The highest BCUT2D eigenvalue weighted by Gasteiger charge is 2.28. The molecule has 2 saturated heterocycles. The number of amides is 1. The van der Waals surface area contributed by atoms with Crippen molar-refractivity contribution in [1.29, 1.82) is 0 Å². The largest absolute Gasteiger partial charge is 0.378 e. The van der Waals surface area contributed by atoms with Gasteiger partial charge in [-0.25, -0.2) is 0 Å². The average molecular weight is 242 g/mol. The lowest BCUT2D eigenvalue weighted by Crippen LogP contribution is -2.51. The number of hydrogen-bond acceptors (Lipinski definition) is 4. The van der Waals surface area contributed by atoms with E-state index in [0.717, 1.165) is 26.1 Å². The molecule has 2 unspecified atom stereocenters. The van der Waals surface area contributed by atoms with Gasteiger partial charge in [-0.1, -0.05) is 6.92 Å². The van der Waals surface area contributed by atoms with Crippen molar-refractivity contribution in [1.82, 2.24) is 10.2 Å². The molecule has 1 N–H and O–H groups in total. The summed E-state index contributed by atoms with van der Waals surface area (Å²) >= 11 is 0. The summed E-state index contributed by atoms with van der Waals surface area (Å²) in [6.45, 7) is 6.41. The predicted octanol–water partition coefficient (Wildman–Crippen LogP) is 0.00230. The van der Waals surface area contributed by atoms with Gasteiger partial charge in [-0.05, 0) is 6.42 Å². The van der Waals surface area contributed by atoms with Crippen LogP contribution in [-0.4, -0.2) is 62.4 Å². The molecule has 2 heterocycles. The molecule has 2 rings (SSSR count). The molecule has 5 heteroatoms. The second kappa shape index (κ2) is 6.33. The van der Waals surface area contributed by atoms with Crippen molar-refractivity contribution in [3.05, 3.63) is 0 Å². The highest BCUT2D eigenvalue weighted by molar-refractivity contribution is 5.77. The molecule has 0 aliphatic carbocycles. The summed E-state index contributed by atoms with van der Waals surface area (Å²) in [5.74, 6) is 0.225. The molecule has 0 aromatic carbocycles. The third-order valence-corrected chi connectivity index (χ3v) is 3.44. The lowest BCUT2D eigenvalue weighted by molar-refractivity contribution is -0.141. The SMILES string of the molecule is CCC1COCCN1C(=O)CC1COCCN1. The van der Waals surface area contributed by atoms with E-state index in [1.165, 1.54) is 0 Å². The second-order valence-electron chi connectivity index (χ2n) is 4.65. The van der Waals surface area contributed by atoms with Crippen molar-refractivity contribution in [3.8, 4) is 0 Å². The van der Waals surface area contributed by atoms with Crippen LogP contribution in [0.5, 0.6) is 0 Å². The van der Waals surface area contributed by atoms with E-state index in [1.807, 2.05) is 4.90 Å². The van der Waals surface area contributed by atoms with E-state index in [9.17, 15) is 4.79 Å². The van der Waals surface area contributed by atoms with Crippen LogP contribution in [0.15, 0.2) is 0 Å². The Morgan fingerprint density at radius 3 is 2.88 bits per heavy atom. The smallest absolute Gasteiger partial charge is 0.224 e. The molecule has 2 fully saturated rings. The number of hydrogen-bond donors (Lipinski definition) is 1. The molecular formula is C12H22N2O3. The highest BCUT2D eigenvalue weighted by atomic mass is 16.5. The fourth-order valence-corrected chi connectivity index (χ4v) is 2.40. The predicted molar refractivity (Wildman–Crippen MR) is 63.8 cm³/mol. The summed E-state index contributed by atoms with van der Waals surface area (Å²) in [5, 5.41) is 3.32. The first kappa shape index (κ1) is 12.8. The normalized spacial score (nSPS) is 30.3. The van der Waals surface area contributed by atoms with Crippen LogP contribution in [0.2, 0.25) is 0 Å². The fourth-order valence-electron chi connectivity index (χ4n) is 2.40. The molecule has 17 heavy (non-hydrogen) atoms. The molecule has 0 bridgehead atoms. The van der Waals surface area contributed by atoms with Crippen LogP contribution in [0.25, 0.3) is 0 Å². The molecule has 5 nitrogen and oxygen atoms in total. The summed E-state index contributed by atoms with van der Waals surface area (Å²) < 4.78 is 10.8. The summed E-state index contributed by atoms with van der Waals surface area (Å²) in [5.41, 5.74) is 0. The van der Waals surface area contributed by atoms with Gasteiger partial charge in [0.2, 0.25) is 5.91 Å². The lowest BCUT2D eigenvalue weighted by Gasteiger charge is -2.36. The van der Waals surface area contributed by atoms with Gasteiger partial charge in [-0.3, -0.25) is 4.79 Å². The van der Waals surface area contributed by atoms with Crippen molar-refractivity contribution < 1.29 is 14.3 Å². The first-order chi connectivity index (χ1) is 8.31. The highest BCUT2D eigenvalue weighted by Crippen LogP contribution is 2.13. The molecular weight excluding hydrogens is 220 g/mol. The third kappa shape index (κ3) is 3.40. The maximum absolute atomic E-state index is 12.2. The average Bonchev–Trinajstić information content (AvgIpc) is 2.40. The molecule has 0 spiro atoms. The van der Waals surface area contributed by atoms with E-state index < -0.39 is 0 Å². The first-order valence-electron chi connectivity index (χ1n) is 6.49. The van der Waals surface area contributed by atoms with Crippen LogP contribution in [-0.2, 0) is 14.3 Å². The van der Waals surface area contributed by atoms with Crippen molar-refractivity contribution >= 4 is 5.91 Å². The minimum atomic E-state index is 0.177. The van der Waals surface area contributed by atoms with Crippen LogP contribution in [0, 0.1) is 0 Å². The maximum atomic E-state index is 12.2. The van der Waals surface area contributed by atoms with E-state index in [1.54, 1.807) is 0 Å². The van der Waals surface area contributed by atoms with Gasteiger partial charge in [0.25, 0.3) is 0 Å². The van der Waals surface area contributed by atoms with Crippen LogP contribution in [0.1, 0.15) is 19.8 Å². The van der Waals surface area contributed by atoms with Gasteiger partial charge in [0.05, 0.1) is 32.5 Å². The zero-order valence-corrected chi connectivity index (χ0v) is 10.5. The number of ether oxygens (including phenoxy) is 2. The van der Waals surface area contributed by atoms with Crippen molar-refractivity contribution in [2.24, 2.45) is 0 Å². The van der Waals surface area contributed by atoms with Gasteiger partial charge in [-0.15, -0.1) is 0 Å². The van der Waals surface area contributed by atoms with E-state index in [2.05, 4.69) is 12.2 Å². The Bertz CT molecular complexity index is 254. The number of rotatable bonds is 3. The van der Waals surface area contributed by atoms with Gasteiger partial charge < -0.3 is 19.7 Å². The Kier molecular flexibility index (Phi) is 4.76. The molecule has 0 aromatic heterocycles. The Labute approximate surface area is 102 Å². The molecule has 0 radical (unpaired) electrons. The number of nitrogens with zero attached hydrogens (tertiary/aromatic N) is 1. The Balaban J connectivity index is 1.84. The summed E-state index contributed by atoms with van der Waals surface area (Å²) in [4.78, 5) is 14.2. The number of carbonyl (C=O) groups is 1. The molecule has 0 aromatic rings. The van der Waals surface area contributed by atoms with Crippen molar-refractivity contribution in [2.75, 3.05) is 39.5 Å². The minimum absolute atomic E-state index is 0.177. The zero-order valence-electron chi connectivity index (χ0n) is 10.5. The van der Waals surface area contributed by atoms with E-state index in [4.69, 9.17) is 9.47 Å². The Morgan fingerprint density at radius 1 is 1.35 bits per heavy atom. The summed E-state index contributed by atoms with van der Waals surface area (Å²) in [7, 11) is 0. The van der Waals surface area contributed by atoms with E-state index in [0.29, 0.717) is 26.2 Å². The molecule has 2 aliphatic rings. The van der Waals surface area contributed by atoms with Gasteiger partial charge in [0, 0.05) is 25.6 Å². The van der Waals surface area contributed by atoms with Gasteiger partial charge in [0.15, 0.2) is 0 Å². The first-order valence-corrected chi connectivity index (χ1v) is 6.49. The Morgan fingerprint density at radius 2 is 2.18 bits per heavy atom. The molecule has 0 saturated carbocycles. The van der Waals surface area contributed by atoms with Gasteiger partial charge in [-0.2, -0.15) is 0 Å². The monoisotopic (exact) mass is 242 g/mol. The number of carbonyl (C=O) groups excluding carboxylic acids is 1. The number of nitrogens with one attached hydrogen (secondary N) is 1. The quantitative estimate of drug-likeness (QED) is 0.757. The Hall–Kier alpha value is -0.650. The fraction of sp³-hybridized carbons (Fsp3) is 0.917. The van der Waals surface area contributed by atoms with Gasteiger partial charge >= 0.3 is 0 Å². The number of morpholine rings is 2. The maximum Gasteiger partial charge on any atom is 0.224 e. The van der Waals surface area contributed by atoms with Gasteiger partial charge in [0.1, 0.15) is 0 Å². The topological polar surface area (TPSA) is 50.8 Å². The summed E-state index contributed by atoms with van der Waals surface area (Å²) in [6, 6.07) is 0.428. The van der Waals surface area contributed by atoms with E-state index >= 15 is 0 Å². The van der Waals surface area contributed by atoms with Crippen LogP contribution in [0.3, 0.4) is 0 Å². The molecule has 98 valence electrons. The third-order valence-electron chi connectivity index (χ3n) is 3.44. The van der Waals surface area contributed by atoms with E-state index in [-0.39, 0.29) is 18.0 Å². The zero-order chi connectivity index (χ0) is 12.1. The lowest BCUT2D eigenvalue weighted by atomic mass is 10.1. The molecule has 1 amide bonds. The van der Waals surface area contributed by atoms with Crippen molar-refractivity contribution in [3.63, 3.8) is 0 Å². The standard InChI is InChI=1S/C12H22N2O3/c1-2-11-9-17-6-4-14(11)12(15)7-10-8-16-5-3-13-10/h10-11,13H,2-9H2,1H3. The van der Waals surface area contributed by atoms with Crippen LogP contribution in [0.4, 0.5) is 0 Å². The minimum Gasteiger partial charge on any atom is -0.378 e. The van der Waals surface area contributed by atoms with Crippen LogP contribution < -0.4 is 5.32 Å².